The van der Waals surface area contributed by atoms with Crippen LogP contribution in [0, 0.1) is 6.92 Å². The highest BCUT2D eigenvalue weighted by molar-refractivity contribution is 7.12. The van der Waals surface area contributed by atoms with Crippen molar-refractivity contribution in [1.29, 1.82) is 0 Å². The van der Waals surface area contributed by atoms with Gasteiger partial charge in [-0.3, -0.25) is 0 Å². The fourth-order valence-corrected chi connectivity index (χ4v) is 3.52. The molecule has 0 radical (unpaired) electrons. The van der Waals surface area contributed by atoms with Crippen molar-refractivity contribution < 1.29 is 4.42 Å². The third-order valence-corrected chi connectivity index (χ3v) is 4.87. The Kier molecular flexibility index (Phi) is 3.96. The summed E-state index contributed by atoms with van der Waals surface area (Å²) in [4.78, 5) is 10.3. The number of rotatable bonds is 4. The summed E-state index contributed by atoms with van der Waals surface area (Å²) in [7, 11) is 0. The second-order valence-electron chi connectivity index (χ2n) is 5.36. The summed E-state index contributed by atoms with van der Waals surface area (Å²) in [5.74, 6) is 0. The number of hydrogen-bond donors (Lipinski definition) is 1. The summed E-state index contributed by atoms with van der Waals surface area (Å²) in [6, 6.07) is 16.0. The molecule has 0 aliphatic heterocycles. The zero-order valence-electron chi connectivity index (χ0n) is 12.9. The average Bonchev–Trinajstić information content (AvgIpc) is 3.16. The quantitative estimate of drug-likeness (QED) is 0.523. The molecular formula is C18H14ClN3OS. The fraction of sp³-hybridized carbons (Fsp3) is 0.111. The van der Waals surface area contributed by atoms with E-state index >= 15 is 0 Å². The molecule has 4 rings (SSSR count). The van der Waals surface area contributed by atoms with E-state index < -0.39 is 0 Å². The standard InChI is InChI=1S/C18H14ClN3OS/c1-11-17(12-6-8-13(19)9-7-12)22-16(24-11)10-20-18-21-14-4-2-3-5-15(14)23-18/h2-9H,10H2,1H3,(H,20,21). The van der Waals surface area contributed by atoms with Gasteiger partial charge in [0.1, 0.15) is 10.5 Å². The van der Waals surface area contributed by atoms with E-state index in [9.17, 15) is 0 Å². The van der Waals surface area contributed by atoms with Crippen molar-refractivity contribution >= 4 is 40.1 Å². The molecule has 120 valence electrons. The Labute approximate surface area is 148 Å². The van der Waals surface area contributed by atoms with Gasteiger partial charge < -0.3 is 9.73 Å². The Morgan fingerprint density at radius 1 is 1.08 bits per heavy atom. The highest BCUT2D eigenvalue weighted by atomic mass is 35.5. The number of halogens is 1. The lowest BCUT2D eigenvalue weighted by molar-refractivity contribution is 0.614. The van der Waals surface area contributed by atoms with Gasteiger partial charge in [-0.15, -0.1) is 11.3 Å². The van der Waals surface area contributed by atoms with Gasteiger partial charge in [-0.05, 0) is 31.2 Å². The van der Waals surface area contributed by atoms with Crippen LogP contribution in [0.4, 0.5) is 6.01 Å². The number of benzene rings is 2. The van der Waals surface area contributed by atoms with E-state index in [1.807, 2.05) is 48.5 Å². The molecule has 6 heteroatoms. The molecule has 24 heavy (non-hydrogen) atoms. The topological polar surface area (TPSA) is 51.0 Å². The van der Waals surface area contributed by atoms with Crippen LogP contribution in [-0.4, -0.2) is 9.97 Å². The van der Waals surface area contributed by atoms with Gasteiger partial charge in [0.15, 0.2) is 5.58 Å². The first-order chi connectivity index (χ1) is 11.7. The molecule has 2 aromatic carbocycles. The smallest absolute Gasteiger partial charge is 0.296 e. The van der Waals surface area contributed by atoms with Crippen molar-refractivity contribution in [2.45, 2.75) is 13.5 Å². The lowest BCUT2D eigenvalue weighted by atomic mass is 10.1. The van der Waals surface area contributed by atoms with Crippen LogP contribution in [0.25, 0.3) is 22.4 Å². The number of hydrogen-bond acceptors (Lipinski definition) is 5. The van der Waals surface area contributed by atoms with Crippen molar-refractivity contribution in [2.24, 2.45) is 0 Å². The molecule has 2 heterocycles. The molecular weight excluding hydrogens is 342 g/mol. The van der Waals surface area contributed by atoms with E-state index in [-0.39, 0.29) is 0 Å². The van der Waals surface area contributed by atoms with Crippen molar-refractivity contribution in [3.63, 3.8) is 0 Å². The molecule has 0 saturated carbocycles. The van der Waals surface area contributed by atoms with Crippen LogP contribution < -0.4 is 5.32 Å². The summed E-state index contributed by atoms with van der Waals surface area (Å²) < 4.78 is 5.66. The lowest BCUT2D eigenvalue weighted by Crippen LogP contribution is -1.98. The van der Waals surface area contributed by atoms with E-state index in [0.717, 1.165) is 32.4 Å². The van der Waals surface area contributed by atoms with E-state index in [2.05, 4.69) is 17.2 Å². The van der Waals surface area contributed by atoms with Gasteiger partial charge in [-0.25, -0.2) is 4.98 Å². The molecule has 4 aromatic rings. The maximum absolute atomic E-state index is 5.95. The number of anilines is 1. The monoisotopic (exact) mass is 355 g/mol. The Balaban J connectivity index is 1.53. The van der Waals surface area contributed by atoms with Gasteiger partial charge in [-0.2, -0.15) is 4.98 Å². The number of nitrogens with zero attached hydrogens (tertiary/aromatic N) is 2. The second kappa shape index (κ2) is 6.26. The van der Waals surface area contributed by atoms with E-state index in [1.165, 1.54) is 4.88 Å². The zero-order valence-corrected chi connectivity index (χ0v) is 14.5. The first-order valence-corrected chi connectivity index (χ1v) is 8.70. The molecule has 2 aromatic heterocycles. The zero-order chi connectivity index (χ0) is 16.5. The first kappa shape index (κ1) is 15.2. The third kappa shape index (κ3) is 3.00. The van der Waals surface area contributed by atoms with Crippen LogP contribution in [0.3, 0.4) is 0 Å². The molecule has 1 N–H and O–H groups in total. The minimum atomic E-state index is 0.511. The van der Waals surface area contributed by atoms with Crippen LogP contribution in [0.5, 0.6) is 0 Å². The number of aromatic nitrogens is 2. The van der Waals surface area contributed by atoms with Crippen molar-refractivity contribution in [3.05, 3.63) is 63.4 Å². The Bertz CT molecular complexity index is 958. The number of nitrogens with one attached hydrogen (secondary N) is 1. The maximum atomic E-state index is 5.95. The van der Waals surface area contributed by atoms with Crippen LogP contribution in [-0.2, 0) is 6.54 Å². The van der Waals surface area contributed by atoms with Gasteiger partial charge in [0.05, 0.1) is 12.2 Å². The summed E-state index contributed by atoms with van der Waals surface area (Å²) in [6.45, 7) is 2.65. The number of aryl methyl sites for hydroxylation is 1. The van der Waals surface area contributed by atoms with Gasteiger partial charge in [-0.1, -0.05) is 35.9 Å². The van der Waals surface area contributed by atoms with Crippen LogP contribution in [0.1, 0.15) is 9.88 Å². The van der Waals surface area contributed by atoms with Gasteiger partial charge in [0.2, 0.25) is 0 Å². The van der Waals surface area contributed by atoms with Crippen molar-refractivity contribution in [1.82, 2.24) is 9.97 Å². The minimum absolute atomic E-state index is 0.511. The van der Waals surface area contributed by atoms with Crippen LogP contribution in [0.2, 0.25) is 5.02 Å². The molecule has 0 saturated heterocycles. The Morgan fingerprint density at radius 3 is 2.67 bits per heavy atom. The molecule has 0 aliphatic carbocycles. The summed E-state index contributed by atoms with van der Waals surface area (Å²) >= 11 is 7.61. The fourth-order valence-electron chi connectivity index (χ4n) is 2.50. The van der Waals surface area contributed by atoms with E-state index in [0.29, 0.717) is 12.6 Å². The second-order valence-corrected chi connectivity index (χ2v) is 7.08. The molecule has 0 amide bonds. The Morgan fingerprint density at radius 2 is 1.88 bits per heavy atom. The van der Waals surface area contributed by atoms with E-state index in [4.69, 9.17) is 21.0 Å². The predicted molar refractivity (Wildman–Crippen MR) is 98.6 cm³/mol. The first-order valence-electron chi connectivity index (χ1n) is 7.51. The molecule has 0 bridgehead atoms. The number of para-hydroxylation sites is 2. The molecule has 0 unspecified atom stereocenters. The number of fused-ring (bicyclic) bond motifs is 1. The van der Waals surface area contributed by atoms with E-state index in [1.54, 1.807) is 11.3 Å². The maximum Gasteiger partial charge on any atom is 0.296 e. The third-order valence-electron chi connectivity index (χ3n) is 3.64. The summed E-state index contributed by atoms with van der Waals surface area (Å²) in [5.41, 5.74) is 3.68. The largest absolute Gasteiger partial charge is 0.424 e. The number of thiazole rings is 1. The predicted octanol–water partition coefficient (Wildman–Crippen LogP) is 5.53. The summed E-state index contributed by atoms with van der Waals surface area (Å²) in [5, 5.41) is 4.91. The SMILES string of the molecule is Cc1sc(CNc2nc3ccccc3o2)nc1-c1ccc(Cl)cc1. The molecule has 0 atom stereocenters. The summed E-state index contributed by atoms with van der Waals surface area (Å²) in [6.07, 6.45) is 0. The lowest BCUT2D eigenvalue weighted by Gasteiger charge is -1.99. The molecule has 0 spiro atoms. The number of oxazole rings is 1. The Hall–Kier alpha value is -2.37. The highest BCUT2D eigenvalue weighted by Crippen LogP contribution is 2.29. The van der Waals surface area contributed by atoms with Gasteiger partial charge in [0.25, 0.3) is 6.01 Å². The highest BCUT2D eigenvalue weighted by Gasteiger charge is 2.11. The average molecular weight is 356 g/mol. The van der Waals surface area contributed by atoms with Crippen molar-refractivity contribution in [3.8, 4) is 11.3 Å². The van der Waals surface area contributed by atoms with Gasteiger partial charge >= 0.3 is 0 Å². The van der Waals surface area contributed by atoms with Gasteiger partial charge in [0, 0.05) is 15.5 Å². The molecule has 0 aliphatic rings. The molecule has 0 fully saturated rings. The minimum Gasteiger partial charge on any atom is -0.424 e. The van der Waals surface area contributed by atoms with Crippen LogP contribution in [0.15, 0.2) is 52.9 Å². The van der Waals surface area contributed by atoms with Crippen LogP contribution >= 0.6 is 22.9 Å². The van der Waals surface area contributed by atoms with Crippen molar-refractivity contribution in [2.75, 3.05) is 5.32 Å². The molecule has 4 nitrogen and oxygen atoms in total. The normalized spacial score (nSPS) is 11.1.